The van der Waals surface area contributed by atoms with Gasteiger partial charge in [0.15, 0.2) is 6.61 Å². The number of benzene rings is 1. The molecule has 7 heteroatoms. The first kappa shape index (κ1) is 15.6. The van der Waals surface area contributed by atoms with E-state index in [2.05, 4.69) is 10.1 Å². The highest BCUT2D eigenvalue weighted by Crippen LogP contribution is 2.15. The maximum atomic E-state index is 12.9. The van der Waals surface area contributed by atoms with Crippen LogP contribution in [0, 0.1) is 11.6 Å². The van der Waals surface area contributed by atoms with Gasteiger partial charge in [0.2, 0.25) is 0 Å². The fourth-order valence-corrected chi connectivity index (χ4v) is 1.29. The minimum absolute atomic E-state index is 0.104. The molecule has 0 radical (unpaired) electrons. The van der Waals surface area contributed by atoms with E-state index in [-0.39, 0.29) is 11.4 Å². The Balaban J connectivity index is 2.51. The van der Waals surface area contributed by atoms with Gasteiger partial charge in [0.1, 0.15) is 17.4 Å². The molecular formula is C13H13F2NO4. The molecule has 0 fully saturated rings. The van der Waals surface area contributed by atoms with Crippen molar-refractivity contribution in [3.05, 3.63) is 41.6 Å². The van der Waals surface area contributed by atoms with E-state index in [1.807, 2.05) is 0 Å². The molecule has 0 aromatic heterocycles. The Morgan fingerprint density at radius 1 is 1.25 bits per heavy atom. The summed E-state index contributed by atoms with van der Waals surface area (Å²) in [7, 11) is 1.20. The van der Waals surface area contributed by atoms with Crippen molar-refractivity contribution in [3.8, 4) is 5.75 Å². The first-order chi connectivity index (χ1) is 9.40. The second kappa shape index (κ2) is 7.22. The maximum absolute atomic E-state index is 12.9. The molecule has 1 rings (SSSR count). The molecule has 5 nitrogen and oxygen atoms in total. The molecule has 0 heterocycles. The van der Waals surface area contributed by atoms with Crippen molar-refractivity contribution < 1.29 is 27.8 Å². The highest BCUT2D eigenvalue weighted by molar-refractivity contribution is 5.85. The van der Waals surface area contributed by atoms with E-state index in [0.717, 1.165) is 18.2 Å². The molecule has 0 atom stereocenters. The quantitative estimate of drug-likeness (QED) is 0.658. The molecule has 0 spiro atoms. The second-order valence-electron chi connectivity index (χ2n) is 3.79. The average Bonchev–Trinajstić information content (AvgIpc) is 2.34. The third kappa shape index (κ3) is 5.47. The summed E-state index contributed by atoms with van der Waals surface area (Å²) in [6.45, 7) is 1.03. The topological polar surface area (TPSA) is 64.6 Å². The van der Waals surface area contributed by atoms with Crippen LogP contribution in [0.15, 0.2) is 30.0 Å². The number of nitrogens with one attached hydrogen (secondary N) is 1. The summed E-state index contributed by atoms with van der Waals surface area (Å²) in [5.74, 6) is -2.90. The summed E-state index contributed by atoms with van der Waals surface area (Å²) in [5.41, 5.74) is 0.260. The molecule has 108 valence electrons. The molecule has 20 heavy (non-hydrogen) atoms. The van der Waals surface area contributed by atoms with Crippen LogP contribution >= 0.6 is 0 Å². The molecule has 1 N–H and O–H groups in total. The van der Waals surface area contributed by atoms with Crippen LogP contribution in [0.4, 0.5) is 8.78 Å². The van der Waals surface area contributed by atoms with Crippen LogP contribution in [0.5, 0.6) is 5.75 Å². The van der Waals surface area contributed by atoms with Gasteiger partial charge >= 0.3 is 5.97 Å². The van der Waals surface area contributed by atoms with Crippen LogP contribution in [-0.2, 0) is 14.3 Å². The molecule has 0 unspecified atom stereocenters. The lowest BCUT2D eigenvalue weighted by Gasteiger charge is -2.07. The third-order valence-corrected chi connectivity index (χ3v) is 2.08. The number of hydrogen-bond acceptors (Lipinski definition) is 4. The van der Waals surface area contributed by atoms with Crippen LogP contribution in [0.1, 0.15) is 6.92 Å². The molecular weight excluding hydrogens is 272 g/mol. The van der Waals surface area contributed by atoms with Crippen molar-refractivity contribution in [2.45, 2.75) is 6.92 Å². The third-order valence-electron chi connectivity index (χ3n) is 2.08. The van der Waals surface area contributed by atoms with Gasteiger partial charge in [0.25, 0.3) is 5.91 Å². The Hall–Kier alpha value is -2.44. The van der Waals surface area contributed by atoms with Gasteiger partial charge in [-0.2, -0.15) is 0 Å². The Morgan fingerprint density at radius 2 is 1.85 bits per heavy atom. The number of esters is 1. The molecule has 1 amide bonds. The van der Waals surface area contributed by atoms with Gasteiger partial charge in [0, 0.05) is 30.0 Å². The van der Waals surface area contributed by atoms with Gasteiger partial charge < -0.3 is 14.8 Å². The van der Waals surface area contributed by atoms with Crippen molar-refractivity contribution in [2.24, 2.45) is 0 Å². The number of carbonyl (C=O) groups excluding carboxylic acids is 2. The Kier molecular flexibility index (Phi) is 5.64. The van der Waals surface area contributed by atoms with Crippen LogP contribution in [-0.4, -0.2) is 25.6 Å². The van der Waals surface area contributed by atoms with Crippen molar-refractivity contribution in [2.75, 3.05) is 13.7 Å². The summed E-state index contributed by atoms with van der Waals surface area (Å²) in [6.07, 6.45) is 1.08. The number of methoxy groups -OCH3 is 1. The number of halogens is 2. The number of rotatable bonds is 5. The Bertz CT molecular complexity index is 523. The first-order valence-corrected chi connectivity index (χ1v) is 5.55. The standard InChI is InChI=1S/C13H13F2NO4/c1-8(3-13(18)19-2)16-12(17)7-20-11-5-9(14)4-10(15)6-11/h3-6H,7H2,1-2H3,(H,16,17)/b8-3-. The van der Waals surface area contributed by atoms with Crippen LogP contribution in [0.3, 0.4) is 0 Å². The van der Waals surface area contributed by atoms with E-state index in [4.69, 9.17) is 4.74 Å². The van der Waals surface area contributed by atoms with E-state index in [9.17, 15) is 18.4 Å². The lowest BCUT2D eigenvalue weighted by atomic mass is 10.3. The molecule has 0 saturated carbocycles. The smallest absolute Gasteiger partial charge is 0.332 e. The normalized spacial score (nSPS) is 10.9. The summed E-state index contributed by atoms with van der Waals surface area (Å²) >= 11 is 0. The summed E-state index contributed by atoms with van der Waals surface area (Å²) in [4.78, 5) is 22.3. The predicted octanol–water partition coefficient (Wildman–Crippen LogP) is 1.54. The van der Waals surface area contributed by atoms with Gasteiger partial charge in [0.05, 0.1) is 7.11 Å². The van der Waals surface area contributed by atoms with Gasteiger partial charge in [-0.25, -0.2) is 13.6 Å². The van der Waals surface area contributed by atoms with Gasteiger partial charge in [-0.3, -0.25) is 4.79 Å². The molecule has 0 bridgehead atoms. The zero-order valence-corrected chi connectivity index (χ0v) is 10.9. The highest BCUT2D eigenvalue weighted by atomic mass is 19.1. The maximum Gasteiger partial charge on any atom is 0.332 e. The van der Waals surface area contributed by atoms with E-state index in [1.54, 1.807) is 0 Å². The van der Waals surface area contributed by atoms with Gasteiger partial charge in [-0.05, 0) is 6.92 Å². The van der Waals surface area contributed by atoms with Gasteiger partial charge in [-0.1, -0.05) is 0 Å². The zero-order valence-electron chi connectivity index (χ0n) is 10.9. The second-order valence-corrected chi connectivity index (χ2v) is 3.79. The largest absolute Gasteiger partial charge is 0.484 e. The van der Waals surface area contributed by atoms with E-state index in [1.165, 1.54) is 14.0 Å². The van der Waals surface area contributed by atoms with Gasteiger partial charge in [-0.15, -0.1) is 0 Å². The summed E-state index contributed by atoms with van der Waals surface area (Å²) in [5, 5.41) is 2.35. The van der Waals surface area contributed by atoms with Crippen LogP contribution in [0.2, 0.25) is 0 Å². The molecule has 1 aromatic rings. The fraction of sp³-hybridized carbons (Fsp3) is 0.231. The van der Waals surface area contributed by atoms with Crippen molar-refractivity contribution in [1.82, 2.24) is 5.32 Å². The van der Waals surface area contributed by atoms with Crippen LogP contribution in [0.25, 0.3) is 0 Å². The van der Waals surface area contributed by atoms with E-state index < -0.39 is 30.1 Å². The molecule has 1 aromatic carbocycles. The summed E-state index contributed by atoms with van der Waals surface area (Å²) in [6, 6.07) is 2.59. The number of hydrogen-bond donors (Lipinski definition) is 1. The predicted molar refractivity (Wildman–Crippen MR) is 65.8 cm³/mol. The fourth-order valence-electron chi connectivity index (χ4n) is 1.29. The minimum atomic E-state index is -0.804. The highest BCUT2D eigenvalue weighted by Gasteiger charge is 2.06. The SMILES string of the molecule is COC(=O)/C=C(/C)NC(=O)COc1cc(F)cc(F)c1. The molecule has 0 aliphatic carbocycles. The Labute approximate surface area is 114 Å². The first-order valence-electron chi connectivity index (χ1n) is 5.55. The number of carbonyl (C=O) groups is 2. The zero-order chi connectivity index (χ0) is 15.1. The van der Waals surface area contributed by atoms with Crippen molar-refractivity contribution in [1.29, 1.82) is 0 Å². The van der Waals surface area contributed by atoms with Crippen molar-refractivity contribution >= 4 is 11.9 Å². The summed E-state index contributed by atoms with van der Waals surface area (Å²) < 4.78 is 35.0. The number of allylic oxidation sites excluding steroid dienone is 1. The van der Waals surface area contributed by atoms with Crippen LogP contribution < -0.4 is 10.1 Å². The lowest BCUT2D eigenvalue weighted by molar-refractivity contribution is -0.134. The number of amides is 1. The van der Waals surface area contributed by atoms with E-state index >= 15 is 0 Å². The minimum Gasteiger partial charge on any atom is -0.484 e. The number of ether oxygens (including phenoxy) is 2. The lowest BCUT2D eigenvalue weighted by Crippen LogP contribution is -2.27. The van der Waals surface area contributed by atoms with E-state index in [0.29, 0.717) is 6.07 Å². The monoisotopic (exact) mass is 285 g/mol. The van der Waals surface area contributed by atoms with Crippen molar-refractivity contribution in [3.63, 3.8) is 0 Å². The Morgan fingerprint density at radius 3 is 2.40 bits per heavy atom. The molecule has 0 aliphatic heterocycles. The average molecular weight is 285 g/mol. The molecule has 0 saturated heterocycles. The molecule has 0 aliphatic rings.